The summed E-state index contributed by atoms with van der Waals surface area (Å²) in [5.41, 5.74) is 2.21. The van der Waals surface area contributed by atoms with E-state index in [2.05, 4.69) is 9.69 Å². The molecule has 0 aliphatic carbocycles. The second-order valence-corrected chi connectivity index (χ2v) is 6.12. The molecule has 0 aliphatic rings. The smallest absolute Gasteiger partial charge is 0.256 e. The Kier molecular flexibility index (Phi) is 5.38. The number of benzene rings is 2. The lowest BCUT2D eigenvalue weighted by Crippen LogP contribution is -2.11. The van der Waals surface area contributed by atoms with Crippen LogP contribution in [0.4, 0.5) is 5.00 Å². The number of aromatic nitrogens is 1. The minimum Gasteiger partial charge on any atom is -0.493 e. The van der Waals surface area contributed by atoms with Crippen LogP contribution in [0.2, 0.25) is 0 Å². The molecule has 2 aromatic carbocycles. The van der Waals surface area contributed by atoms with Crippen molar-refractivity contribution in [2.45, 2.75) is 0 Å². The van der Waals surface area contributed by atoms with Crippen LogP contribution in [0, 0.1) is 0 Å². The Morgan fingerprint density at radius 2 is 1.62 bits per heavy atom. The van der Waals surface area contributed by atoms with Crippen LogP contribution in [0.25, 0.3) is 11.3 Å². The van der Waals surface area contributed by atoms with Gasteiger partial charge in [0, 0.05) is 17.2 Å². The fourth-order valence-corrected chi connectivity index (χ4v) is 3.13. The van der Waals surface area contributed by atoms with Crippen molar-refractivity contribution in [3.05, 3.63) is 54.1 Å². The van der Waals surface area contributed by atoms with E-state index in [-0.39, 0.29) is 5.91 Å². The standard InChI is InChI=1S/C19H18N2O4S/c1-23-15-9-13(10-16(24-2)18(15)25-3)19(22)20-17-11-14(21-26-17)12-7-5-4-6-8-12/h4-11H,1-3H3,(H,20,22). The van der Waals surface area contributed by atoms with Crippen LogP contribution < -0.4 is 19.5 Å². The van der Waals surface area contributed by atoms with Gasteiger partial charge in [-0.05, 0) is 23.7 Å². The average molecular weight is 370 g/mol. The maximum absolute atomic E-state index is 12.6. The number of carbonyl (C=O) groups is 1. The lowest BCUT2D eigenvalue weighted by Gasteiger charge is -2.13. The molecule has 0 saturated heterocycles. The number of methoxy groups -OCH3 is 3. The largest absolute Gasteiger partial charge is 0.493 e. The Morgan fingerprint density at radius 3 is 2.19 bits per heavy atom. The van der Waals surface area contributed by atoms with E-state index < -0.39 is 0 Å². The van der Waals surface area contributed by atoms with E-state index in [1.165, 1.54) is 32.9 Å². The van der Waals surface area contributed by atoms with Gasteiger partial charge in [0.05, 0.1) is 27.0 Å². The number of anilines is 1. The molecule has 0 radical (unpaired) electrons. The van der Waals surface area contributed by atoms with Crippen molar-refractivity contribution < 1.29 is 19.0 Å². The van der Waals surface area contributed by atoms with Gasteiger partial charge < -0.3 is 19.5 Å². The highest BCUT2D eigenvalue weighted by Gasteiger charge is 2.17. The Bertz CT molecular complexity index is 884. The molecule has 1 aromatic heterocycles. The molecule has 0 unspecified atom stereocenters. The van der Waals surface area contributed by atoms with Crippen LogP contribution >= 0.6 is 11.5 Å². The van der Waals surface area contributed by atoms with Gasteiger partial charge in [0.15, 0.2) is 11.5 Å². The highest BCUT2D eigenvalue weighted by atomic mass is 32.1. The molecule has 0 saturated carbocycles. The van der Waals surface area contributed by atoms with Crippen LogP contribution in [0.15, 0.2) is 48.5 Å². The fourth-order valence-electron chi connectivity index (χ4n) is 2.48. The van der Waals surface area contributed by atoms with Gasteiger partial charge in [-0.2, -0.15) is 4.37 Å². The van der Waals surface area contributed by atoms with Crippen molar-refractivity contribution >= 4 is 22.4 Å². The van der Waals surface area contributed by atoms with Gasteiger partial charge in [0.1, 0.15) is 5.00 Å². The topological polar surface area (TPSA) is 69.7 Å². The van der Waals surface area contributed by atoms with E-state index in [9.17, 15) is 4.79 Å². The molecule has 3 rings (SSSR count). The maximum atomic E-state index is 12.6. The summed E-state index contributed by atoms with van der Waals surface area (Å²) < 4.78 is 20.2. The lowest BCUT2D eigenvalue weighted by molar-refractivity contribution is 0.102. The zero-order chi connectivity index (χ0) is 18.5. The third-order valence-electron chi connectivity index (χ3n) is 3.74. The Hall–Kier alpha value is -3.06. The van der Waals surface area contributed by atoms with Crippen LogP contribution in [0.5, 0.6) is 17.2 Å². The third-order valence-corrected chi connectivity index (χ3v) is 4.45. The first-order valence-electron chi connectivity index (χ1n) is 7.79. The van der Waals surface area contributed by atoms with Gasteiger partial charge in [-0.3, -0.25) is 4.79 Å². The van der Waals surface area contributed by atoms with Gasteiger partial charge in [-0.1, -0.05) is 30.3 Å². The van der Waals surface area contributed by atoms with Crippen molar-refractivity contribution in [2.75, 3.05) is 26.6 Å². The third kappa shape index (κ3) is 3.62. The highest BCUT2D eigenvalue weighted by molar-refractivity contribution is 7.10. The summed E-state index contributed by atoms with van der Waals surface area (Å²) in [7, 11) is 4.53. The van der Waals surface area contributed by atoms with Crippen molar-refractivity contribution in [2.24, 2.45) is 0 Å². The molecule has 1 amide bonds. The first kappa shape index (κ1) is 17.8. The molecule has 6 nitrogen and oxygen atoms in total. The zero-order valence-corrected chi connectivity index (χ0v) is 15.4. The highest BCUT2D eigenvalue weighted by Crippen LogP contribution is 2.38. The molecule has 0 spiro atoms. The number of amides is 1. The predicted molar refractivity (Wildman–Crippen MR) is 102 cm³/mol. The minimum atomic E-state index is -0.285. The quantitative estimate of drug-likeness (QED) is 0.708. The normalized spacial score (nSPS) is 10.3. The molecule has 0 bridgehead atoms. The Labute approximate surface area is 155 Å². The van der Waals surface area contributed by atoms with Crippen LogP contribution in [0.1, 0.15) is 10.4 Å². The molecular weight excluding hydrogens is 352 g/mol. The number of nitrogens with one attached hydrogen (secondary N) is 1. The predicted octanol–water partition coefficient (Wildman–Crippen LogP) is 4.09. The zero-order valence-electron chi connectivity index (χ0n) is 14.6. The fraction of sp³-hybridized carbons (Fsp3) is 0.158. The van der Waals surface area contributed by atoms with Crippen molar-refractivity contribution in [1.29, 1.82) is 0 Å². The van der Waals surface area contributed by atoms with Crippen molar-refractivity contribution in [3.8, 4) is 28.5 Å². The minimum absolute atomic E-state index is 0.285. The molecule has 134 valence electrons. The second kappa shape index (κ2) is 7.88. The van der Waals surface area contributed by atoms with E-state index >= 15 is 0 Å². The molecule has 3 aromatic rings. The van der Waals surface area contributed by atoms with Crippen LogP contribution in [-0.4, -0.2) is 31.6 Å². The molecule has 0 aliphatic heterocycles. The SMILES string of the molecule is COc1cc(C(=O)Nc2cc(-c3ccccc3)ns2)cc(OC)c1OC. The van der Waals surface area contributed by atoms with Gasteiger partial charge in [-0.25, -0.2) is 0 Å². The van der Waals surface area contributed by atoms with Crippen LogP contribution in [0.3, 0.4) is 0 Å². The Balaban J connectivity index is 1.83. The maximum Gasteiger partial charge on any atom is 0.256 e. The second-order valence-electron chi connectivity index (χ2n) is 5.31. The summed E-state index contributed by atoms with van der Waals surface area (Å²) in [5.74, 6) is 1.00. The van der Waals surface area contributed by atoms with Crippen LogP contribution in [-0.2, 0) is 0 Å². The van der Waals surface area contributed by atoms with E-state index in [1.54, 1.807) is 12.1 Å². The molecule has 1 N–H and O–H groups in total. The van der Waals surface area contributed by atoms with Gasteiger partial charge in [0.25, 0.3) is 5.91 Å². The summed E-state index contributed by atoms with van der Waals surface area (Å²) in [4.78, 5) is 12.6. The number of nitrogens with zero attached hydrogens (tertiary/aromatic N) is 1. The van der Waals surface area contributed by atoms with Gasteiger partial charge >= 0.3 is 0 Å². The molecule has 26 heavy (non-hydrogen) atoms. The van der Waals surface area contributed by atoms with E-state index in [1.807, 2.05) is 36.4 Å². The number of ether oxygens (including phenoxy) is 3. The first-order valence-corrected chi connectivity index (χ1v) is 8.57. The van der Waals surface area contributed by atoms with E-state index in [0.717, 1.165) is 11.3 Å². The summed E-state index contributed by atoms with van der Waals surface area (Å²) in [5, 5.41) is 3.51. The molecule has 1 heterocycles. The van der Waals surface area contributed by atoms with E-state index in [4.69, 9.17) is 14.2 Å². The summed E-state index contributed by atoms with van der Waals surface area (Å²) in [6, 6.07) is 14.8. The molecule has 0 fully saturated rings. The number of rotatable bonds is 6. The summed E-state index contributed by atoms with van der Waals surface area (Å²) in [6.45, 7) is 0. The molecular formula is C19H18N2O4S. The van der Waals surface area contributed by atoms with Gasteiger partial charge in [0.2, 0.25) is 5.75 Å². The lowest BCUT2D eigenvalue weighted by atomic mass is 10.1. The molecule has 0 atom stereocenters. The monoisotopic (exact) mass is 370 g/mol. The van der Waals surface area contributed by atoms with Crippen molar-refractivity contribution in [1.82, 2.24) is 4.37 Å². The number of hydrogen-bond donors (Lipinski definition) is 1. The van der Waals surface area contributed by atoms with Gasteiger partial charge in [-0.15, -0.1) is 0 Å². The molecule has 7 heteroatoms. The summed E-state index contributed by atoms with van der Waals surface area (Å²) in [6.07, 6.45) is 0. The Morgan fingerprint density at radius 1 is 0.962 bits per heavy atom. The van der Waals surface area contributed by atoms with Crippen molar-refractivity contribution in [3.63, 3.8) is 0 Å². The summed E-state index contributed by atoms with van der Waals surface area (Å²) >= 11 is 1.23. The number of hydrogen-bond acceptors (Lipinski definition) is 6. The average Bonchev–Trinajstić information content (AvgIpc) is 3.15. The van der Waals surface area contributed by atoms with E-state index in [0.29, 0.717) is 27.8 Å². The first-order chi connectivity index (χ1) is 12.7. The number of carbonyl (C=O) groups excluding carboxylic acids is 1.